The number of hydrogen-bond donors (Lipinski definition) is 2. The number of rotatable bonds is 17. The van der Waals surface area contributed by atoms with Crippen LogP contribution in [0.15, 0.2) is 0 Å². The topological polar surface area (TPSA) is 49.3 Å². The number of aliphatic hydroxyl groups is 1. The van der Waals surface area contributed by atoms with Gasteiger partial charge in [0, 0.05) is 6.42 Å². The highest BCUT2D eigenvalue weighted by Gasteiger charge is 2.10. The highest BCUT2D eigenvalue weighted by atomic mass is 16.3. The van der Waals surface area contributed by atoms with Gasteiger partial charge in [-0.05, 0) is 12.8 Å². The lowest BCUT2D eigenvalue weighted by molar-refractivity contribution is -0.122. The van der Waals surface area contributed by atoms with Gasteiger partial charge in [0.05, 0.1) is 12.6 Å². The maximum absolute atomic E-state index is 11.8. The lowest BCUT2D eigenvalue weighted by atomic mass is 10.0. The summed E-state index contributed by atoms with van der Waals surface area (Å²) in [6, 6.07) is -0.0461. The summed E-state index contributed by atoms with van der Waals surface area (Å²) in [4.78, 5) is 11.8. The Labute approximate surface area is 144 Å². The summed E-state index contributed by atoms with van der Waals surface area (Å²) in [7, 11) is 0. The van der Waals surface area contributed by atoms with Gasteiger partial charge < -0.3 is 10.4 Å². The summed E-state index contributed by atoms with van der Waals surface area (Å²) in [5.41, 5.74) is 0. The number of nitrogens with one attached hydrogen (secondary N) is 1. The zero-order chi connectivity index (χ0) is 17.2. The molecule has 0 rings (SSSR count). The molecule has 3 nitrogen and oxygen atoms in total. The van der Waals surface area contributed by atoms with Crippen LogP contribution >= 0.6 is 0 Å². The second-order valence-corrected chi connectivity index (χ2v) is 6.87. The van der Waals surface area contributed by atoms with E-state index in [0.717, 1.165) is 32.1 Å². The molecular weight excluding hydrogens is 286 g/mol. The molecule has 0 aromatic rings. The largest absolute Gasteiger partial charge is 0.394 e. The minimum atomic E-state index is -0.0461. The molecule has 0 aliphatic carbocycles. The van der Waals surface area contributed by atoms with Crippen LogP contribution in [-0.2, 0) is 4.79 Å². The molecule has 138 valence electrons. The molecule has 1 atom stereocenters. The molecule has 0 aliphatic rings. The second-order valence-electron chi connectivity index (χ2n) is 6.87. The van der Waals surface area contributed by atoms with Crippen molar-refractivity contribution in [3.05, 3.63) is 0 Å². The lowest BCUT2D eigenvalue weighted by Crippen LogP contribution is -2.37. The Bertz CT molecular complexity index is 256. The Kier molecular flexibility index (Phi) is 17.3. The first-order valence-electron chi connectivity index (χ1n) is 10.1. The summed E-state index contributed by atoms with van der Waals surface area (Å²) in [5.74, 6) is 0.107. The number of amides is 1. The van der Waals surface area contributed by atoms with Crippen LogP contribution in [0, 0.1) is 0 Å². The molecule has 0 heterocycles. The summed E-state index contributed by atoms with van der Waals surface area (Å²) >= 11 is 0. The molecule has 0 bridgehead atoms. The van der Waals surface area contributed by atoms with Crippen molar-refractivity contribution < 1.29 is 9.90 Å². The van der Waals surface area contributed by atoms with E-state index in [0.29, 0.717) is 6.42 Å². The monoisotopic (exact) mass is 327 g/mol. The molecule has 0 fully saturated rings. The third-order valence-electron chi connectivity index (χ3n) is 4.50. The van der Waals surface area contributed by atoms with Gasteiger partial charge in [-0.15, -0.1) is 0 Å². The van der Waals surface area contributed by atoms with E-state index < -0.39 is 0 Å². The summed E-state index contributed by atoms with van der Waals surface area (Å²) in [6.07, 6.45) is 18.0. The molecule has 1 amide bonds. The first-order chi connectivity index (χ1) is 11.2. The Balaban J connectivity index is 3.34. The molecule has 0 spiro atoms. The number of carbonyl (C=O) groups is 1. The van der Waals surface area contributed by atoms with Gasteiger partial charge in [0.15, 0.2) is 0 Å². The molecule has 2 N–H and O–H groups in total. The lowest BCUT2D eigenvalue weighted by Gasteiger charge is -2.15. The predicted molar refractivity (Wildman–Crippen MR) is 99.6 cm³/mol. The van der Waals surface area contributed by atoms with E-state index in [9.17, 15) is 9.90 Å². The smallest absolute Gasteiger partial charge is 0.220 e. The van der Waals surface area contributed by atoms with Gasteiger partial charge in [0.25, 0.3) is 0 Å². The van der Waals surface area contributed by atoms with Crippen LogP contribution in [0.4, 0.5) is 0 Å². The fourth-order valence-corrected chi connectivity index (χ4v) is 2.91. The van der Waals surface area contributed by atoms with Crippen LogP contribution < -0.4 is 5.32 Å². The Hall–Kier alpha value is -0.570. The van der Waals surface area contributed by atoms with Gasteiger partial charge in [-0.3, -0.25) is 4.79 Å². The van der Waals surface area contributed by atoms with E-state index in [1.54, 1.807) is 0 Å². The fraction of sp³-hybridized carbons (Fsp3) is 0.950. The van der Waals surface area contributed by atoms with E-state index in [1.165, 1.54) is 57.8 Å². The van der Waals surface area contributed by atoms with E-state index >= 15 is 0 Å². The van der Waals surface area contributed by atoms with Crippen LogP contribution in [0.2, 0.25) is 0 Å². The van der Waals surface area contributed by atoms with Gasteiger partial charge in [-0.25, -0.2) is 0 Å². The summed E-state index contributed by atoms with van der Waals surface area (Å²) in [5, 5.41) is 12.2. The van der Waals surface area contributed by atoms with E-state index in [4.69, 9.17) is 0 Å². The highest BCUT2D eigenvalue weighted by Crippen LogP contribution is 2.12. The standard InChI is InChI=1S/C20H41NO2/c1-3-5-7-8-9-10-11-12-13-14-15-17-20(23)21-19(18-22)16-6-4-2/h19,22H,3-18H2,1-2H3,(H,21,23). The number of hydrogen-bond acceptors (Lipinski definition) is 2. The van der Waals surface area contributed by atoms with Crippen molar-refractivity contribution in [2.75, 3.05) is 6.61 Å². The summed E-state index contributed by atoms with van der Waals surface area (Å²) < 4.78 is 0. The Morgan fingerprint density at radius 2 is 1.26 bits per heavy atom. The first kappa shape index (κ1) is 22.4. The molecule has 0 aliphatic heterocycles. The van der Waals surface area contributed by atoms with Gasteiger partial charge in [-0.2, -0.15) is 0 Å². The van der Waals surface area contributed by atoms with Gasteiger partial charge in [0.1, 0.15) is 0 Å². The van der Waals surface area contributed by atoms with Crippen molar-refractivity contribution in [1.82, 2.24) is 5.32 Å². The minimum absolute atomic E-state index is 0.0461. The molecular formula is C20H41NO2. The Morgan fingerprint density at radius 3 is 1.74 bits per heavy atom. The quantitative estimate of drug-likeness (QED) is 0.354. The van der Waals surface area contributed by atoms with Crippen LogP contribution in [0.3, 0.4) is 0 Å². The van der Waals surface area contributed by atoms with Gasteiger partial charge in [0.2, 0.25) is 5.91 Å². The number of carbonyl (C=O) groups excluding carboxylic acids is 1. The molecule has 23 heavy (non-hydrogen) atoms. The molecule has 0 aromatic carbocycles. The Morgan fingerprint density at radius 1 is 0.783 bits per heavy atom. The average Bonchev–Trinajstić information content (AvgIpc) is 2.56. The zero-order valence-corrected chi connectivity index (χ0v) is 15.7. The van der Waals surface area contributed by atoms with Crippen molar-refractivity contribution >= 4 is 5.91 Å². The van der Waals surface area contributed by atoms with Crippen LogP contribution in [0.5, 0.6) is 0 Å². The third-order valence-corrected chi connectivity index (χ3v) is 4.50. The number of unbranched alkanes of at least 4 members (excludes halogenated alkanes) is 11. The van der Waals surface area contributed by atoms with Crippen molar-refractivity contribution in [3.8, 4) is 0 Å². The molecule has 3 heteroatoms. The van der Waals surface area contributed by atoms with E-state index in [-0.39, 0.29) is 18.6 Å². The molecule has 0 saturated heterocycles. The minimum Gasteiger partial charge on any atom is -0.394 e. The molecule has 0 radical (unpaired) electrons. The maximum Gasteiger partial charge on any atom is 0.220 e. The summed E-state index contributed by atoms with van der Waals surface area (Å²) in [6.45, 7) is 4.45. The van der Waals surface area contributed by atoms with Crippen LogP contribution in [0.1, 0.15) is 110 Å². The molecule has 0 saturated carbocycles. The highest BCUT2D eigenvalue weighted by molar-refractivity contribution is 5.76. The third kappa shape index (κ3) is 16.1. The van der Waals surface area contributed by atoms with Gasteiger partial charge >= 0.3 is 0 Å². The normalized spacial score (nSPS) is 12.3. The second kappa shape index (κ2) is 17.8. The van der Waals surface area contributed by atoms with E-state index in [2.05, 4.69) is 19.2 Å². The fourth-order valence-electron chi connectivity index (χ4n) is 2.91. The maximum atomic E-state index is 11.8. The van der Waals surface area contributed by atoms with Crippen molar-refractivity contribution in [1.29, 1.82) is 0 Å². The zero-order valence-electron chi connectivity index (χ0n) is 15.7. The SMILES string of the molecule is CCCCCCCCCCCCCC(=O)NC(CO)CCCC. The van der Waals surface area contributed by atoms with Crippen molar-refractivity contribution in [2.24, 2.45) is 0 Å². The number of aliphatic hydroxyl groups excluding tert-OH is 1. The van der Waals surface area contributed by atoms with Crippen LogP contribution in [-0.4, -0.2) is 23.7 Å². The van der Waals surface area contributed by atoms with Crippen molar-refractivity contribution in [3.63, 3.8) is 0 Å². The van der Waals surface area contributed by atoms with Crippen LogP contribution in [0.25, 0.3) is 0 Å². The van der Waals surface area contributed by atoms with Gasteiger partial charge in [-0.1, -0.05) is 90.9 Å². The average molecular weight is 328 g/mol. The first-order valence-corrected chi connectivity index (χ1v) is 10.1. The predicted octanol–water partition coefficient (Wildman–Crippen LogP) is 5.35. The molecule has 1 unspecified atom stereocenters. The van der Waals surface area contributed by atoms with Crippen molar-refractivity contribution in [2.45, 2.75) is 116 Å². The molecule has 0 aromatic heterocycles. The van der Waals surface area contributed by atoms with E-state index in [1.807, 2.05) is 0 Å².